The normalized spacial score (nSPS) is 23.9. The third-order valence-electron chi connectivity index (χ3n) is 4.35. The Hall–Kier alpha value is -1.79. The molecule has 1 saturated heterocycles. The molecular formula is C17H24N2O4. The summed E-state index contributed by atoms with van der Waals surface area (Å²) in [5.41, 5.74) is 1.46. The quantitative estimate of drug-likeness (QED) is 0.770. The number of carbonyl (C=O) groups is 1. The van der Waals surface area contributed by atoms with E-state index in [0.717, 1.165) is 24.9 Å². The molecule has 126 valence electrons. The van der Waals surface area contributed by atoms with E-state index in [0.29, 0.717) is 43.4 Å². The predicted molar refractivity (Wildman–Crippen MR) is 86.1 cm³/mol. The minimum atomic E-state index is -0.418. The second kappa shape index (κ2) is 7.19. The van der Waals surface area contributed by atoms with Crippen molar-refractivity contribution in [2.75, 3.05) is 32.8 Å². The van der Waals surface area contributed by atoms with Gasteiger partial charge in [-0.3, -0.25) is 4.79 Å². The van der Waals surface area contributed by atoms with Crippen LogP contribution in [0.1, 0.15) is 28.8 Å². The number of nitrogens with one attached hydrogen (secondary N) is 2. The number of rotatable bonds is 3. The molecule has 0 unspecified atom stereocenters. The van der Waals surface area contributed by atoms with Crippen molar-refractivity contribution in [1.82, 2.24) is 10.6 Å². The van der Waals surface area contributed by atoms with Crippen LogP contribution in [0.5, 0.6) is 11.5 Å². The van der Waals surface area contributed by atoms with E-state index in [-0.39, 0.29) is 11.8 Å². The second-order valence-electron chi connectivity index (χ2n) is 6.22. The number of hydrogen-bond acceptors (Lipinski definition) is 5. The van der Waals surface area contributed by atoms with Gasteiger partial charge in [0.25, 0.3) is 5.91 Å². The van der Waals surface area contributed by atoms with Crippen molar-refractivity contribution >= 4 is 5.91 Å². The van der Waals surface area contributed by atoms with E-state index in [4.69, 9.17) is 9.47 Å². The average molecular weight is 320 g/mol. The van der Waals surface area contributed by atoms with Crippen molar-refractivity contribution in [1.29, 1.82) is 0 Å². The molecule has 6 heteroatoms. The van der Waals surface area contributed by atoms with Gasteiger partial charge in [0.15, 0.2) is 11.5 Å². The molecule has 23 heavy (non-hydrogen) atoms. The molecule has 6 nitrogen and oxygen atoms in total. The van der Waals surface area contributed by atoms with Crippen LogP contribution in [0.2, 0.25) is 0 Å². The van der Waals surface area contributed by atoms with Gasteiger partial charge in [-0.15, -0.1) is 0 Å². The standard InChI is InChI=1S/C17H24N2O4/c1-11-7-13(16-15(8-11)22-5-2-6-23-16)17(21)19-9-12-3-4-18-10-14(12)20/h7-8,12,14,18,20H,2-6,9-10H2,1H3,(H,19,21)/t12-,14+/m0/s1. The zero-order chi connectivity index (χ0) is 16.2. The Kier molecular flexibility index (Phi) is 5.03. The smallest absolute Gasteiger partial charge is 0.255 e. The van der Waals surface area contributed by atoms with E-state index in [1.807, 2.05) is 19.1 Å². The number of piperidine rings is 1. The number of aliphatic hydroxyl groups excluding tert-OH is 1. The molecule has 0 spiro atoms. The number of aryl methyl sites for hydroxylation is 1. The molecule has 1 amide bonds. The van der Waals surface area contributed by atoms with Crippen LogP contribution in [0.3, 0.4) is 0 Å². The lowest BCUT2D eigenvalue weighted by Gasteiger charge is -2.28. The molecule has 1 fully saturated rings. The van der Waals surface area contributed by atoms with Crippen LogP contribution in [-0.2, 0) is 0 Å². The van der Waals surface area contributed by atoms with Gasteiger partial charge in [0.05, 0.1) is 24.9 Å². The molecule has 0 aromatic heterocycles. The number of benzene rings is 1. The zero-order valence-corrected chi connectivity index (χ0v) is 13.4. The van der Waals surface area contributed by atoms with Crippen molar-refractivity contribution in [3.05, 3.63) is 23.3 Å². The van der Waals surface area contributed by atoms with Crippen molar-refractivity contribution < 1.29 is 19.4 Å². The Labute approximate surface area is 136 Å². The van der Waals surface area contributed by atoms with Crippen molar-refractivity contribution in [3.63, 3.8) is 0 Å². The van der Waals surface area contributed by atoms with E-state index in [2.05, 4.69) is 10.6 Å². The van der Waals surface area contributed by atoms with Gasteiger partial charge in [-0.05, 0) is 37.6 Å². The van der Waals surface area contributed by atoms with E-state index in [1.165, 1.54) is 0 Å². The fourth-order valence-electron chi connectivity index (χ4n) is 3.03. The van der Waals surface area contributed by atoms with Gasteiger partial charge >= 0.3 is 0 Å². The Morgan fingerprint density at radius 3 is 3.04 bits per heavy atom. The van der Waals surface area contributed by atoms with Crippen LogP contribution < -0.4 is 20.1 Å². The summed E-state index contributed by atoms with van der Waals surface area (Å²) in [7, 11) is 0. The van der Waals surface area contributed by atoms with Crippen LogP contribution in [-0.4, -0.2) is 50.0 Å². The Morgan fingerprint density at radius 2 is 2.22 bits per heavy atom. The SMILES string of the molecule is Cc1cc2c(c(C(=O)NC[C@@H]3CCNC[C@H]3O)c1)OCCCO2. The van der Waals surface area contributed by atoms with Gasteiger partial charge in [-0.25, -0.2) is 0 Å². The number of ether oxygens (including phenoxy) is 2. The highest BCUT2D eigenvalue weighted by molar-refractivity contribution is 5.98. The summed E-state index contributed by atoms with van der Waals surface area (Å²) in [5.74, 6) is 1.06. The maximum absolute atomic E-state index is 12.6. The van der Waals surface area contributed by atoms with Gasteiger partial charge in [0, 0.05) is 25.4 Å². The van der Waals surface area contributed by atoms with Crippen LogP contribution in [0.15, 0.2) is 12.1 Å². The Bertz CT molecular complexity index is 576. The zero-order valence-electron chi connectivity index (χ0n) is 13.4. The van der Waals surface area contributed by atoms with Crippen LogP contribution >= 0.6 is 0 Å². The highest BCUT2D eigenvalue weighted by atomic mass is 16.5. The molecule has 2 atom stereocenters. The molecule has 0 saturated carbocycles. The first-order valence-electron chi connectivity index (χ1n) is 8.22. The monoisotopic (exact) mass is 320 g/mol. The summed E-state index contributed by atoms with van der Waals surface area (Å²) < 4.78 is 11.4. The fourth-order valence-corrected chi connectivity index (χ4v) is 3.03. The third kappa shape index (κ3) is 3.76. The molecule has 2 aliphatic heterocycles. The molecule has 1 aromatic carbocycles. The summed E-state index contributed by atoms with van der Waals surface area (Å²) in [5, 5.41) is 16.0. The highest BCUT2D eigenvalue weighted by Gasteiger charge is 2.25. The Balaban J connectivity index is 1.72. The second-order valence-corrected chi connectivity index (χ2v) is 6.22. The summed E-state index contributed by atoms with van der Waals surface area (Å²) in [6, 6.07) is 3.72. The fraction of sp³-hybridized carbons (Fsp3) is 0.588. The predicted octanol–water partition coefficient (Wildman–Crippen LogP) is 0.857. The molecule has 1 aromatic rings. The number of amides is 1. The first-order chi connectivity index (χ1) is 11.1. The lowest BCUT2D eigenvalue weighted by molar-refractivity contribution is 0.0752. The third-order valence-corrected chi connectivity index (χ3v) is 4.35. The first-order valence-corrected chi connectivity index (χ1v) is 8.22. The number of β-amino-alcohol motifs (C(OH)–C–C–N with tert-alkyl or cyclic N) is 1. The van der Waals surface area contributed by atoms with Gasteiger partial charge in [-0.1, -0.05) is 0 Å². The average Bonchev–Trinajstić information content (AvgIpc) is 2.78. The molecule has 0 aliphatic carbocycles. The lowest BCUT2D eigenvalue weighted by atomic mass is 9.95. The van der Waals surface area contributed by atoms with E-state index in [1.54, 1.807) is 0 Å². The van der Waals surface area contributed by atoms with Crippen LogP contribution in [0.4, 0.5) is 0 Å². The molecular weight excluding hydrogens is 296 g/mol. The summed E-state index contributed by atoms with van der Waals surface area (Å²) >= 11 is 0. The molecule has 3 N–H and O–H groups in total. The van der Waals surface area contributed by atoms with Gasteiger partial charge in [0.2, 0.25) is 0 Å². The minimum Gasteiger partial charge on any atom is -0.490 e. The van der Waals surface area contributed by atoms with E-state index in [9.17, 15) is 9.90 Å². The van der Waals surface area contributed by atoms with Crippen molar-refractivity contribution in [3.8, 4) is 11.5 Å². The van der Waals surface area contributed by atoms with Crippen molar-refractivity contribution in [2.24, 2.45) is 5.92 Å². The maximum atomic E-state index is 12.6. The highest BCUT2D eigenvalue weighted by Crippen LogP contribution is 2.34. The van der Waals surface area contributed by atoms with E-state index < -0.39 is 6.10 Å². The van der Waals surface area contributed by atoms with Gasteiger partial charge in [0.1, 0.15) is 0 Å². The number of hydrogen-bond donors (Lipinski definition) is 3. The topological polar surface area (TPSA) is 79.8 Å². The first kappa shape index (κ1) is 16.1. The lowest BCUT2D eigenvalue weighted by Crippen LogP contribution is -2.45. The van der Waals surface area contributed by atoms with Crippen LogP contribution in [0.25, 0.3) is 0 Å². The van der Waals surface area contributed by atoms with Crippen molar-refractivity contribution in [2.45, 2.75) is 25.9 Å². The Morgan fingerprint density at radius 1 is 1.39 bits per heavy atom. The number of aliphatic hydroxyl groups is 1. The molecule has 0 radical (unpaired) electrons. The van der Waals surface area contributed by atoms with Crippen LogP contribution in [0, 0.1) is 12.8 Å². The molecule has 2 heterocycles. The summed E-state index contributed by atoms with van der Waals surface area (Å²) in [4.78, 5) is 12.6. The summed E-state index contributed by atoms with van der Waals surface area (Å²) in [6.45, 7) is 4.99. The maximum Gasteiger partial charge on any atom is 0.255 e. The number of carbonyl (C=O) groups excluding carboxylic acids is 1. The largest absolute Gasteiger partial charge is 0.490 e. The summed E-state index contributed by atoms with van der Waals surface area (Å²) in [6.07, 6.45) is 1.24. The van der Waals surface area contributed by atoms with Gasteiger partial charge in [-0.2, -0.15) is 0 Å². The van der Waals surface area contributed by atoms with E-state index >= 15 is 0 Å². The van der Waals surface area contributed by atoms with Gasteiger partial charge < -0.3 is 25.2 Å². The molecule has 2 aliphatic rings. The molecule has 0 bridgehead atoms. The number of fused-ring (bicyclic) bond motifs is 1. The molecule has 3 rings (SSSR count). The minimum absolute atomic E-state index is 0.0841.